The van der Waals surface area contributed by atoms with Crippen LogP contribution in [0.25, 0.3) is 0 Å². The molecule has 0 amide bonds. The minimum Gasteiger partial charge on any atom is -0.497 e. The van der Waals surface area contributed by atoms with Gasteiger partial charge >= 0.3 is 5.97 Å². The maximum Gasteiger partial charge on any atom is 0.329 e. The molecule has 1 aromatic rings. The number of ether oxygens (including phenoxy) is 2. The number of hydrogen-bond acceptors (Lipinski definition) is 5. The van der Waals surface area contributed by atoms with Gasteiger partial charge in [0.2, 0.25) is 0 Å². The molecule has 0 saturated carbocycles. The molecule has 0 aliphatic rings. The quantitative estimate of drug-likeness (QED) is 0.669. The lowest BCUT2D eigenvalue weighted by molar-refractivity contribution is -0.147. The molecule has 0 aliphatic carbocycles. The standard InChI is InChI=1S/C18H27NO4/c1-5-8-16(20)15(6-2)17(18(21)23-7-3)19-13-9-11-14(22-4)12-10-13/h9-12,15,17,19H,5-8H2,1-4H3/t15-,17-/m0/s1. The van der Waals surface area contributed by atoms with Crippen molar-refractivity contribution in [1.82, 2.24) is 0 Å². The Hall–Kier alpha value is -2.04. The molecule has 0 aromatic heterocycles. The van der Waals surface area contributed by atoms with Crippen LogP contribution in [0.3, 0.4) is 0 Å². The van der Waals surface area contributed by atoms with Gasteiger partial charge in [-0.15, -0.1) is 0 Å². The number of carbonyl (C=O) groups is 2. The van der Waals surface area contributed by atoms with Gasteiger partial charge in [0.15, 0.2) is 0 Å². The topological polar surface area (TPSA) is 64.6 Å². The van der Waals surface area contributed by atoms with Gasteiger partial charge in [-0.05, 0) is 44.0 Å². The van der Waals surface area contributed by atoms with Crippen molar-refractivity contribution in [3.05, 3.63) is 24.3 Å². The van der Waals surface area contributed by atoms with E-state index in [1.54, 1.807) is 26.2 Å². The Morgan fingerprint density at radius 2 is 1.78 bits per heavy atom. The van der Waals surface area contributed by atoms with Gasteiger partial charge in [-0.3, -0.25) is 4.79 Å². The summed E-state index contributed by atoms with van der Waals surface area (Å²) in [6.45, 7) is 5.93. The van der Waals surface area contributed by atoms with Crippen molar-refractivity contribution in [1.29, 1.82) is 0 Å². The Morgan fingerprint density at radius 3 is 2.26 bits per heavy atom. The Morgan fingerprint density at radius 1 is 1.13 bits per heavy atom. The first-order valence-corrected chi connectivity index (χ1v) is 8.17. The molecule has 0 bridgehead atoms. The lowest BCUT2D eigenvalue weighted by atomic mass is 9.89. The molecule has 0 saturated heterocycles. The number of ketones is 1. The van der Waals surface area contributed by atoms with Gasteiger partial charge in [0.1, 0.15) is 17.6 Å². The SMILES string of the molecule is CCCC(=O)[C@H](CC)[C@H](Nc1ccc(OC)cc1)C(=O)OCC. The smallest absolute Gasteiger partial charge is 0.329 e. The minimum absolute atomic E-state index is 0.0917. The van der Waals surface area contributed by atoms with Crippen LogP contribution in [0.4, 0.5) is 5.69 Å². The van der Waals surface area contributed by atoms with Crippen LogP contribution in [0.1, 0.15) is 40.0 Å². The number of methoxy groups -OCH3 is 1. The highest BCUT2D eigenvalue weighted by atomic mass is 16.5. The zero-order chi connectivity index (χ0) is 17.2. The fraction of sp³-hybridized carbons (Fsp3) is 0.556. The largest absolute Gasteiger partial charge is 0.497 e. The third kappa shape index (κ3) is 5.58. The summed E-state index contributed by atoms with van der Waals surface area (Å²) in [5.74, 6) is 0.0436. The van der Waals surface area contributed by atoms with E-state index >= 15 is 0 Å². The fourth-order valence-electron chi connectivity index (χ4n) is 2.50. The van der Waals surface area contributed by atoms with Gasteiger partial charge in [0.05, 0.1) is 13.7 Å². The molecule has 0 spiro atoms. The normalized spacial score (nSPS) is 13.0. The second-order valence-electron chi connectivity index (χ2n) is 5.33. The molecule has 1 aromatic carbocycles. The number of anilines is 1. The molecular weight excluding hydrogens is 294 g/mol. The Bertz CT molecular complexity index is 498. The number of carbonyl (C=O) groups excluding carboxylic acids is 2. The van der Waals surface area contributed by atoms with Crippen molar-refractivity contribution >= 4 is 17.4 Å². The van der Waals surface area contributed by atoms with E-state index in [4.69, 9.17) is 9.47 Å². The van der Waals surface area contributed by atoms with Crippen molar-refractivity contribution < 1.29 is 19.1 Å². The summed E-state index contributed by atoms with van der Waals surface area (Å²) in [4.78, 5) is 24.7. The highest BCUT2D eigenvalue weighted by molar-refractivity contribution is 5.90. The van der Waals surface area contributed by atoms with Crippen LogP contribution < -0.4 is 10.1 Å². The third-order valence-corrected chi connectivity index (χ3v) is 3.70. The molecule has 5 nitrogen and oxygen atoms in total. The van der Waals surface area contributed by atoms with Gasteiger partial charge < -0.3 is 14.8 Å². The van der Waals surface area contributed by atoms with E-state index in [9.17, 15) is 9.59 Å². The number of benzene rings is 1. The zero-order valence-corrected chi connectivity index (χ0v) is 14.4. The summed E-state index contributed by atoms with van der Waals surface area (Å²) in [5.41, 5.74) is 0.756. The summed E-state index contributed by atoms with van der Waals surface area (Å²) in [7, 11) is 1.60. The van der Waals surface area contributed by atoms with Crippen LogP contribution in [-0.2, 0) is 14.3 Å². The van der Waals surface area contributed by atoms with Crippen molar-refractivity contribution in [3.63, 3.8) is 0 Å². The molecule has 0 fully saturated rings. The van der Waals surface area contributed by atoms with Crippen LogP contribution in [-0.4, -0.2) is 31.5 Å². The molecule has 1 rings (SSSR count). The predicted molar refractivity (Wildman–Crippen MR) is 90.7 cm³/mol. The molecule has 23 heavy (non-hydrogen) atoms. The van der Waals surface area contributed by atoms with E-state index in [1.165, 1.54) is 0 Å². The van der Waals surface area contributed by atoms with Crippen LogP contribution in [0.2, 0.25) is 0 Å². The molecule has 0 aliphatic heterocycles. The van der Waals surface area contributed by atoms with Gasteiger partial charge in [-0.2, -0.15) is 0 Å². The number of nitrogens with one attached hydrogen (secondary N) is 1. The van der Waals surface area contributed by atoms with Crippen LogP contribution in [0.5, 0.6) is 5.75 Å². The monoisotopic (exact) mass is 321 g/mol. The Kier molecular flexibility index (Phi) is 8.16. The lowest BCUT2D eigenvalue weighted by Crippen LogP contribution is -2.42. The molecule has 1 N–H and O–H groups in total. The number of rotatable bonds is 10. The number of hydrogen-bond donors (Lipinski definition) is 1. The number of Topliss-reactive ketones (excluding diaryl/α,β-unsaturated/α-hetero) is 1. The van der Waals surface area contributed by atoms with Crippen LogP contribution >= 0.6 is 0 Å². The summed E-state index contributed by atoms with van der Waals surface area (Å²) >= 11 is 0. The second kappa shape index (κ2) is 9.87. The number of esters is 1. The maximum atomic E-state index is 12.3. The van der Waals surface area contributed by atoms with E-state index in [-0.39, 0.29) is 18.4 Å². The van der Waals surface area contributed by atoms with E-state index in [0.717, 1.165) is 17.9 Å². The average Bonchev–Trinajstić information content (AvgIpc) is 2.55. The van der Waals surface area contributed by atoms with E-state index in [2.05, 4.69) is 5.32 Å². The molecule has 0 radical (unpaired) electrons. The van der Waals surface area contributed by atoms with Gasteiger partial charge in [0.25, 0.3) is 0 Å². The average molecular weight is 321 g/mol. The third-order valence-electron chi connectivity index (χ3n) is 3.70. The van der Waals surface area contributed by atoms with Crippen molar-refractivity contribution in [2.75, 3.05) is 19.0 Å². The summed E-state index contributed by atoms with van der Waals surface area (Å²) < 4.78 is 10.3. The zero-order valence-electron chi connectivity index (χ0n) is 14.4. The molecular formula is C18H27NO4. The first kappa shape index (κ1) is 19.0. The Balaban J connectivity index is 2.97. The van der Waals surface area contributed by atoms with E-state index in [0.29, 0.717) is 12.8 Å². The van der Waals surface area contributed by atoms with Crippen molar-refractivity contribution in [2.45, 2.75) is 46.1 Å². The molecule has 0 heterocycles. The second-order valence-corrected chi connectivity index (χ2v) is 5.33. The summed E-state index contributed by atoms with van der Waals surface area (Å²) in [6.07, 6.45) is 1.83. The van der Waals surface area contributed by atoms with Crippen molar-refractivity contribution in [3.8, 4) is 5.75 Å². The fourth-order valence-corrected chi connectivity index (χ4v) is 2.50. The van der Waals surface area contributed by atoms with Crippen molar-refractivity contribution in [2.24, 2.45) is 5.92 Å². The molecule has 2 atom stereocenters. The summed E-state index contributed by atoms with van der Waals surface area (Å²) in [5, 5.41) is 3.15. The maximum absolute atomic E-state index is 12.3. The van der Waals surface area contributed by atoms with Gasteiger partial charge in [-0.1, -0.05) is 13.8 Å². The predicted octanol–water partition coefficient (Wildman–Crippen LogP) is 3.43. The Labute approximate surface area is 138 Å². The lowest BCUT2D eigenvalue weighted by Gasteiger charge is -2.25. The first-order chi connectivity index (χ1) is 11.1. The highest BCUT2D eigenvalue weighted by Crippen LogP contribution is 2.22. The van der Waals surface area contributed by atoms with E-state index < -0.39 is 12.0 Å². The highest BCUT2D eigenvalue weighted by Gasteiger charge is 2.32. The van der Waals surface area contributed by atoms with Gasteiger partial charge in [-0.25, -0.2) is 4.79 Å². The molecule has 128 valence electrons. The molecule has 5 heteroatoms. The van der Waals surface area contributed by atoms with Crippen LogP contribution in [0.15, 0.2) is 24.3 Å². The molecule has 0 unspecified atom stereocenters. The first-order valence-electron chi connectivity index (χ1n) is 8.17. The van der Waals surface area contributed by atoms with Crippen LogP contribution in [0, 0.1) is 5.92 Å². The summed E-state index contributed by atoms with van der Waals surface area (Å²) in [6, 6.07) is 6.58. The minimum atomic E-state index is -0.674. The van der Waals surface area contributed by atoms with E-state index in [1.807, 2.05) is 26.0 Å². The van der Waals surface area contributed by atoms with Gasteiger partial charge in [0, 0.05) is 18.0 Å².